The van der Waals surface area contributed by atoms with Crippen LogP contribution in [0.5, 0.6) is 0 Å². The Balaban J connectivity index is 1.89. The van der Waals surface area contributed by atoms with Crippen molar-refractivity contribution in [2.45, 2.75) is 20.4 Å². The Labute approximate surface area is 128 Å². The number of nitrogens with two attached hydrogens (primary N) is 1. The zero-order valence-electron chi connectivity index (χ0n) is 12.8. The van der Waals surface area contributed by atoms with E-state index in [4.69, 9.17) is 10.8 Å². The fourth-order valence-electron chi connectivity index (χ4n) is 2.67. The third kappa shape index (κ3) is 2.87. The van der Waals surface area contributed by atoms with Gasteiger partial charge in [0.25, 0.3) is 0 Å². The van der Waals surface area contributed by atoms with Crippen molar-refractivity contribution in [3.63, 3.8) is 0 Å². The molecular weight excluding hydrogens is 284 g/mol. The lowest BCUT2D eigenvalue weighted by Crippen LogP contribution is -2.44. The van der Waals surface area contributed by atoms with E-state index in [2.05, 4.69) is 41.1 Å². The summed E-state index contributed by atoms with van der Waals surface area (Å²) < 4.78 is 0. The number of piperazine rings is 1. The quantitative estimate of drug-likeness (QED) is 0.659. The SMILES string of the molecule is Cc1sc2nc(CN3CCN(C)CC3)nc(NN)c2c1C. The molecule has 1 fully saturated rings. The van der Waals surface area contributed by atoms with Gasteiger partial charge in [0.05, 0.1) is 11.9 Å². The number of aryl methyl sites for hydroxylation is 2. The highest BCUT2D eigenvalue weighted by molar-refractivity contribution is 7.18. The molecule has 1 aliphatic heterocycles. The summed E-state index contributed by atoms with van der Waals surface area (Å²) >= 11 is 1.71. The van der Waals surface area contributed by atoms with Gasteiger partial charge in [-0.05, 0) is 26.5 Å². The first kappa shape index (κ1) is 14.6. The van der Waals surface area contributed by atoms with Gasteiger partial charge in [-0.15, -0.1) is 11.3 Å². The fourth-order valence-corrected chi connectivity index (χ4v) is 3.72. The lowest BCUT2D eigenvalue weighted by Gasteiger charge is -2.31. The average molecular weight is 306 g/mol. The summed E-state index contributed by atoms with van der Waals surface area (Å²) in [5.74, 6) is 7.25. The van der Waals surface area contributed by atoms with E-state index >= 15 is 0 Å². The molecule has 3 rings (SSSR count). The molecule has 6 nitrogen and oxygen atoms in total. The molecule has 0 spiro atoms. The lowest BCUT2D eigenvalue weighted by atomic mass is 10.2. The molecule has 1 saturated heterocycles. The number of likely N-dealkylation sites (N-methyl/N-ethyl adjacent to an activating group) is 1. The van der Waals surface area contributed by atoms with E-state index < -0.39 is 0 Å². The Kier molecular flexibility index (Phi) is 4.08. The van der Waals surface area contributed by atoms with Crippen molar-refractivity contribution < 1.29 is 0 Å². The van der Waals surface area contributed by atoms with Gasteiger partial charge in [0.2, 0.25) is 0 Å². The second-order valence-corrected chi connectivity index (χ2v) is 6.88. The van der Waals surface area contributed by atoms with Gasteiger partial charge < -0.3 is 10.3 Å². The molecular formula is C14H22N6S. The van der Waals surface area contributed by atoms with Gasteiger partial charge >= 0.3 is 0 Å². The van der Waals surface area contributed by atoms with E-state index in [1.807, 2.05) is 0 Å². The van der Waals surface area contributed by atoms with E-state index in [9.17, 15) is 0 Å². The Hall–Kier alpha value is -1.28. The van der Waals surface area contributed by atoms with Crippen LogP contribution in [-0.2, 0) is 6.54 Å². The van der Waals surface area contributed by atoms with Gasteiger partial charge in [-0.25, -0.2) is 15.8 Å². The molecule has 0 atom stereocenters. The molecule has 0 aliphatic carbocycles. The Bertz CT molecular complexity index is 644. The second kappa shape index (κ2) is 5.84. The van der Waals surface area contributed by atoms with Crippen LogP contribution in [-0.4, -0.2) is 53.0 Å². The Morgan fingerprint density at radius 1 is 1.19 bits per heavy atom. The minimum Gasteiger partial charge on any atom is -0.308 e. The van der Waals surface area contributed by atoms with Crippen LogP contribution < -0.4 is 11.3 Å². The first-order valence-electron chi connectivity index (χ1n) is 7.22. The molecule has 0 amide bonds. The van der Waals surface area contributed by atoms with Crippen molar-refractivity contribution in [1.82, 2.24) is 19.8 Å². The van der Waals surface area contributed by atoms with Gasteiger partial charge in [-0.2, -0.15) is 0 Å². The highest BCUT2D eigenvalue weighted by Crippen LogP contribution is 2.32. The fraction of sp³-hybridized carbons (Fsp3) is 0.571. The maximum Gasteiger partial charge on any atom is 0.152 e. The number of hydrogen-bond donors (Lipinski definition) is 2. The van der Waals surface area contributed by atoms with Gasteiger partial charge in [-0.1, -0.05) is 0 Å². The molecule has 7 heteroatoms. The summed E-state index contributed by atoms with van der Waals surface area (Å²) in [7, 11) is 2.16. The summed E-state index contributed by atoms with van der Waals surface area (Å²) in [6, 6.07) is 0. The molecule has 3 heterocycles. The average Bonchev–Trinajstić information content (AvgIpc) is 2.76. The van der Waals surface area contributed by atoms with Gasteiger partial charge in [0.1, 0.15) is 10.7 Å². The van der Waals surface area contributed by atoms with Crippen molar-refractivity contribution in [2.75, 3.05) is 38.7 Å². The first-order valence-corrected chi connectivity index (χ1v) is 8.04. The topological polar surface area (TPSA) is 70.3 Å². The minimum absolute atomic E-state index is 0.742. The molecule has 114 valence electrons. The maximum absolute atomic E-state index is 5.66. The van der Waals surface area contributed by atoms with Gasteiger partial charge in [-0.3, -0.25) is 4.90 Å². The molecule has 1 aliphatic rings. The number of thiophene rings is 1. The van der Waals surface area contributed by atoms with Crippen LogP contribution >= 0.6 is 11.3 Å². The van der Waals surface area contributed by atoms with Crippen LogP contribution in [0.4, 0.5) is 5.82 Å². The van der Waals surface area contributed by atoms with Crippen molar-refractivity contribution in [3.8, 4) is 0 Å². The molecule has 0 aromatic carbocycles. The van der Waals surface area contributed by atoms with Crippen LogP contribution in [0.1, 0.15) is 16.3 Å². The molecule has 2 aromatic heterocycles. The number of aromatic nitrogens is 2. The predicted octanol–water partition coefficient (Wildman–Crippen LogP) is 1.34. The highest BCUT2D eigenvalue weighted by Gasteiger charge is 2.18. The van der Waals surface area contributed by atoms with E-state index in [0.29, 0.717) is 0 Å². The Morgan fingerprint density at radius 3 is 2.57 bits per heavy atom. The van der Waals surface area contributed by atoms with Gasteiger partial charge in [0.15, 0.2) is 5.82 Å². The summed E-state index contributed by atoms with van der Waals surface area (Å²) in [6.45, 7) is 9.32. The normalized spacial score (nSPS) is 17.5. The van der Waals surface area contributed by atoms with Crippen molar-refractivity contribution in [3.05, 3.63) is 16.3 Å². The molecule has 0 bridgehead atoms. The minimum atomic E-state index is 0.742. The maximum atomic E-state index is 5.66. The summed E-state index contributed by atoms with van der Waals surface area (Å²) in [4.78, 5) is 16.4. The zero-order valence-corrected chi connectivity index (χ0v) is 13.6. The van der Waals surface area contributed by atoms with Crippen LogP contribution in [0.2, 0.25) is 0 Å². The van der Waals surface area contributed by atoms with Crippen molar-refractivity contribution in [1.29, 1.82) is 0 Å². The monoisotopic (exact) mass is 306 g/mol. The molecule has 0 unspecified atom stereocenters. The zero-order chi connectivity index (χ0) is 15.0. The molecule has 0 saturated carbocycles. The first-order chi connectivity index (χ1) is 10.1. The van der Waals surface area contributed by atoms with E-state index in [-0.39, 0.29) is 0 Å². The number of nitrogen functional groups attached to an aromatic ring is 1. The summed E-state index contributed by atoms with van der Waals surface area (Å²) in [5, 5.41) is 1.06. The van der Waals surface area contributed by atoms with E-state index in [0.717, 1.165) is 54.6 Å². The number of anilines is 1. The number of nitrogens with zero attached hydrogens (tertiary/aromatic N) is 4. The van der Waals surface area contributed by atoms with Crippen LogP contribution in [0.3, 0.4) is 0 Å². The highest BCUT2D eigenvalue weighted by atomic mass is 32.1. The standard InChI is InChI=1S/C14H22N6S/c1-9-10(2)21-14-12(9)13(18-15)16-11(17-14)8-20-6-4-19(3)5-7-20/h4-8,15H2,1-3H3,(H,16,17,18). The van der Waals surface area contributed by atoms with Crippen molar-refractivity contribution >= 4 is 27.4 Å². The summed E-state index contributed by atoms with van der Waals surface area (Å²) in [5.41, 5.74) is 3.95. The largest absolute Gasteiger partial charge is 0.308 e. The number of hydrogen-bond acceptors (Lipinski definition) is 7. The second-order valence-electron chi connectivity index (χ2n) is 5.68. The van der Waals surface area contributed by atoms with Gasteiger partial charge in [0, 0.05) is 31.1 Å². The molecule has 0 radical (unpaired) electrons. The van der Waals surface area contributed by atoms with Crippen LogP contribution in [0, 0.1) is 13.8 Å². The molecule has 2 aromatic rings. The number of rotatable bonds is 3. The summed E-state index contributed by atoms with van der Waals surface area (Å²) in [6.07, 6.45) is 0. The number of hydrazine groups is 1. The third-order valence-electron chi connectivity index (χ3n) is 4.17. The Morgan fingerprint density at radius 2 is 1.90 bits per heavy atom. The van der Waals surface area contributed by atoms with Crippen LogP contribution in [0.15, 0.2) is 0 Å². The van der Waals surface area contributed by atoms with Crippen molar-refractivity contribution in [2.24, 2.45) is 5.84 Å². The van der Waals surface area contributed by atoms with E-state index in [1.54, 1.807) is 11.3 Å². The van der Waals surface area contributed by atoms with E-state index in [1.165, 1.54) is 10.4 Å². The van der Waals surface area contributed by atoms with Crippen LogP contribution in [0.25, 0.3) is 10.2 Å². The number of nitrogens with one attached hydrogen (secondary N) is 1. The third-order valence-corrected chi connectivity index (χ3v) is 5.27. The smallest absolute Gasteiger partial charge is 0.152 e. The number of fused-ring (bicyclic) bond motifs is 1. The molecule has 3 N–H and O–H groups in total. The molecule has 21 heavy (non-hydrogen) atoms. The lowest BCUT2D eigenvalue weighted by molar-refractivity contribution is 0.145. The predicted molar refractivity (Wildman–Crippen MR) is 87.5 cm³/mol.